The van der Waals surface area contributed by atoms with E-state index in [-0.39, 0.29) is 24.4 Å². The highest BCUT2D eigenvalue weighted by Gasteiger charge is 2.31. The van der Waals surface area contributed by atoms with Gasteiger partial charge in [-0.1, -0.05) is 24.3 Å². The maximum atomic E-state index is 13.1. The lowest BCUT2D eigenvalue weighted by Crippen LogP contribution is -2.39. The molecule has 0 aliphatic carbocycles. The normalized spacial score (nSPS) is 20.4. The average molecular weight is 373 g/mol. The summed E-state index contributed by atoms with van der Waals surface area (Å²) in [6, 6.07) is 12.8. The molecule has 1 aliphatic rings. The average Bonchev–Trinajstić information content (AvgIpc) is 2.72. The quantitative estimate of drug-likeness (QED) is 0.801. The highest BCUT2D eigenvalue weighted by molar-refractivity contribution is 5.48. The number of piperidine rings is 1. The molecule has 27 heavy (non-hydrogen) atoms. The monoisotopic (exact) mass is 373 g/mol. The maximum absolute atomic E-state index is 13.1. The summed E-state index contributed by atoms with van der Waals surface area (Å²) in [6.07, 6.45) is 2.71. The van der Waals surface area contributed by atoms with E-state index in [4.69, 9.17) is 9.47 Å². The molecule has 0 amide bonds. The van der Waals surface area contributed by atoms with Gasteiger partial charge in [0.05, 0.1) is 14.2 Å². The van der Waals surface area contributed by atoms with Gasteiger partial charge in [0, 0.05) is 24.8 Å². The predicted octanol–water partition coefficient (Wildman–Crippen LogP) is 3.83. The van der Waals surface area contributed by atoms with E-state index in [1.807, 2.05) is 24.3 Å². The van der Waals surface area contributed by atoms with Crippen molar-refractivity contribution in [1.29, 1.82) is 0 Å². The fourth-order valence-electron chi connectivity index (χ4n) is 3.94. The van der Waals surface area contributed by atoms with Crippen LogP contribution in [0.25, 0.3) is 0 Å². The zero-order valence-electron chi connectivity index (χ0n) is 16.0. The van der Waals surface area contributed by atoms with Gasteiger partial charge in [-0.2, -0.15) is 0 Å². The summed E-state index contributed by atoms with van der Waals surface area (Å²) in [5.74, 6) is 1.56. The Kier molecular flexibility index (Phi) is 6.69. The van der Waals surface area contributed by atoms with E-state index in [1.54, 1.807) is 14.2 Å². The molecule has 1 N–H and O–H groups in total. The van der Waals surface area contributed by atoms with Crippen LogP contribution in [0.3, 0.4) is 0 Å². The summed E-state index contributed by atoms with van der Waals surface area (Å²) >= 11 is 0. The van der Waals surface area contributed by atoms with Crippen LogP contribution in [0.2, 0.25) is 0 Å². The van der Waals surface area contributed by atoms with Crippen molar-refractivity contribution in [2.75, 3.05) is 33.9 Å². The number of aliphatic hydroxyl groups excluding tert-OH is 1. The van der Waals surface area contributed by atoms with Gasteiger partial charge in [0.15, 0.2) is 11.5 Å². The predicted molar refractivity (Wildman–Crippen MR) is 104 cm³/mol. The number of para-hydroxylation sites is 1. The van der Waals surface area contributed by atoms with Gasteiger partial charge in [0.25, 0.3) is 0 Å². The summed E-state index contributed by atoms with van der Waals surface area (Å²) in [5, 5.41) is 9.69. The van der Waals surface area contributed by atoms with Crippen molar-refractivity contribution in [3.8, 4) is 11.5 Å². The number of likely N-dealkylation sites (tertiary alicyclic amines) is 1. The van der Waals surface area contributed by atoms with Crippen LogP contribution in [0.1, 0.15) is 30.0 Å². The van der Waals surface area contributed by atoms with E-state index in [1.165, 1.54) is 12.1 Å². The molecule has 1 aliphatic heterocycles. The number of hydrogen-bond acceptors (Lipinski definition) is 4. The first kappa shape index (κ1) is 19.6. The Morgan fingerprint density at radius 1 is 1.11 bits per heavy atom. The minimum Gasteiger partial charge on any atom is -0.493 e. The zero-order chi connectivity index (χ0) is 19.2. The second-order valence-electron chi connectivity index (χ2n) is 7.08. The lowest BCUT2D eigenvalue weighted by Gasteiger charge is -2.40. The second-order valence-corrected chi connectivity index (χ2v) is 7.08. The van der Waals surface area contributed by atoms with Crippen molar-refractivity contribution >= 4 is 0 Å². The van der Waals surface area contributed by atoms with Crippen molar-refractivity contribution in [1.82, 2.24) is 4.90 Å². The third kappa shape index (κ3) is 4.60. The molecule has 2 aromatic rings. The van der Waals surface area contributed by atoms with Gasteiger partial charge in [0.2, 0.25) is 0 Å². The lowest BCUT2D eigenvalue weighted by atomic mass is 9.86. The third-order valence-electron chi connectivity index (χ3n) is 5.47. The molecule has 0 radical (unpaired) electrons. The maximum Gasteiger partial charge on any atom is 0.165 e. The van der Waals surface area contributed by atoms with Gasteiger partial charge < -0.3 is 14.6 Å². The first-order chi connectivity index (χ1) is 13.2. The molecule has 1 heterocycles. The molecule has 2 aromatic carbocycles. The summed E-state index contributed by atoms with van der Waals surface area (Å²) < 4.78 is 24.3. The molecule has 1 saturated heterocycles. The fourth-order valence-corrected chi connectivity index (χ4v) is 3.94. The number of hydrogen-bond donors (Lipinski definition) is 1. The highest BCUT2D eigenvalue weighted by atomic mass is 19.1. The number of rotatable bonds is 7. The van der Waals surface area contributed by atoms with Gasteiger partial charge in [-0.3, -0.25) is 4.90 Å². The van der Waals surface area contributed by atoms with Crippen molar-refractivity contribution < 1.29 is 19.0 Å². The third-order valence-corrected chi connectivity index (χ3v) is 5.47. The van der Waals surface area contributed by atoms with E-state index >= 15 is 0 Å². The van der Waals surface area contributed by atoms with Gasteiger partial charge in [-0.15, -0.1) is 0 Å². The number of aliphatic hydroxyl groups is 1. The first-order valence-corrected chi connectivity index (χ1v) is 9.46. The Balaban J connectivity index is 1.83. The van der Waals surface area contributed by atoms with E-state index in [0.717, 1.165) is 55.0 Å². The van der Waals surface area contributed by atoms with Crippen LogP contribution in [0.15, 0.2) is 42.5 Å². The van der Waals surface area contributed by atoms with Crippen LogP contribution in [-0.2, 0) is 6.42 Å². The topological polar surface area (TPSA) is 41.9 Å². The zero-order valence-corrected chi connectivity index (χ0v) is 16.0. The van der Waals surface area contributed by atoms with Crippen LogP contribution < -0.4 is 9.47 Å². The number of methoxy groups -OCH3 is 2. The van der Waals surface area contributed by atoms with Gasteiger partial charge in [0.1, 0.15) is 5.82 Å². The molecule has 5 heteroatoms. The van der Waals surface area contributed by atoms with Crippen LogP contribution in [0.4, 0.5) is 4.39 Å². The molecule has 4 nitrogen and oxygen atoms in total. The van der Waals surface area contributed by atoms with Gasteiger partial charge in [-0.25, -0.2) is 4.39 Å². The Hall–Kier alpha value is -2.11. The molecule has 3 rings (SSSR count). The van der Waals surface area contributed by atoms with Gasteiger partial charge in [-0.05, 0) is 55.5 Å². The van der Waals surface area contributed by atoms with E-state index < -0.39 is 0 Å². The Morgan fingerprint density at radius 3 is 2.56 bits per heavy atom. The van der Waals surface area contributed by atoms with E-state index in [9.17, 15) is 9.50 Å². The van der Waals surface area contributed by atoms with Crippen LogP contribution >= 0.6 is 0 Å². The molecule has 146 valence electrons. The molecule has 0 bridgehead atoms. The van der Waals surface area contributed by atoms with E-state index in [0.29, 0.717) is 0 Å². The molecular weight excluding hydrogens is 345 g/mol. The number of nitrogens with zero attached hydrogens (tertiary/aromatic N) is 1. The van der Waals surface area contributed by atoms with Gasteiger partial charge >= 0.3 is 0 Å². The van der Waals surface area contributed by atoms with Crippen LogP contribution in [0, 0.1) is 11.7 Å². The van der Waals surface area contributed by atoms with Crippen molar-refractivity contribution in [3.63, 3.8) is 0 Å². The molecule has 2 atom stereocenters. The summed E-state index contributed by atoms with van der Waals surface area (Å²) in [5.41, 5.74) is 2.21. The van der Waals surface area contributed by atoms with Crippen molar-refractivity contribution in [2.45, 2.75) is 25.3 Å². The Labute approximate surface area is 160 Å². The smallest absolute Gasteiger partial charge is 0.165 e. The first-order valence-electron chi connectivity index (χ1n) is 9.46. The molecule has 2 unspecified atom stereocenters. The second kappa shape index (κ2) is 9.20. The standard InChI is InChI=1S/C22H28FNO3/c1-26-21-5-3-4-19(22(21)27-2)20-14-17(15-25)11-13-24(20)12-10-16-6-8-18(23)9-7-16/h3-9,17,20,25H,10-15H2,1-2H3. The largest absolute Gasteiger partial charge is 0.493 e. The number of ether oxygens (including phenoxy) is 2. The number of benzene rings is 2. The van der Waals surface area contributed by atoms with Crippen LogP contribution in [0.5, 0.6) is 11.5 Å². The van der Waals surface area contributed by atoms with Crippen LogP contribution in [-0.4, -0.2) is 43.9 Å². The fraction of sp³-hybridized carbons (Fsp3) is 0.455. The van der Waals surface area contributed by atoms with Crippen molar-refractivity contribution in [2.24, 2.45) is 5.92 Å². The summed E-state index contributed by atoms with van der Waals surface area (Å²) in [7, 11) is 3.31. The minimum absolute atomic E-state index is 0.154. The van der Waals surface area contributed by atoms with E-state index in [2.05, 4.69) is 11.0 Å². The SMILES string of the molecule is COc1cccc(C2CC(CO)CCN2CCc2ccc(F)cc2)c1OC. The lowest BCUT2D eigenvalue weighted by molar-refractivity contribution is 0.0797. The summed E-state index contributed by atoms with van der Waals surface area (Å²) in [6.45, 7) is 1.99. The molecular formula is C22H28FNO3. The summed E-state index contributed by atoms with van der Waals surface area (Å²) in [4.78, 5) is 2.44. The highest BCUT2D eigenvalue weighted by Crippen LogP contribution is 2.42. The minimum atomic E-state index is -0.207. The Bertz CT molecular complexity index is 735. The molecule has 0 saturated carbocycles. The molecule has 1 fully saturated rings. The molecule has 0 aromatic heterocycles. The Morgan fingerprint density at radius 2 is 1.89 bits per heavy atom. The molecule has 0 spiro atoms. The number of halogens is 1. The van der Waals surface area contributed by atoms with Crippen molar-refractivity contribution in [3.05, 3.63) is 59.4 Å².